The molecule has 0 spiro atoms. The van der Waals surface area contributed by atoms with E-state index in [-0.39, 0.29) is 5.56 Å². The van der Waals surface area contributed by atoms with Gasteiger partial charge in [-0.05, 0) is 42.2 Å². The molecule has 4 nitrogen and oxygen atoms in total. The second-order valence-electron chi connectivity index (χ2n) is 4.72. The van der Waals surface area contributed by atoms with Crippen molar-refractivity contribution >= 4 is 17.4 Å². The van der Waals surface area contributed by atoms with Gasteiger partial charge in [-0.2, -0.15) is 5.10 Å². The third kappa shape index (κ3) is 3.92. The summed E-state index contributed by atoms with van der Waals surface area (Å²) < 4.78 is 0. The minimum absolute atomic E-state index is 0.149. The predicted octanol–water partition coefficient (Wildman–Crippen LogP) is 2.45. The topological polar surface area (TPSA) is 64.5 Å². The summed E-state index contributed by atoms with van der Waals surface area (Å²) in [5.74, 6) is -1.18. The molecule has 0 bridgehead atoms. The van der Waals surface area contributed by atoms with Crippen LogP contribution in [0.3, 0.4) is 0 Å². The van der Waals surface area contributed by atoms with E-state index in [2.05, 4.69) is 29.6 Å². The molecule has 2 aromatic rings. The van der Waals surface area contributed by atoms with Gasteiger partial charge >= 0.3 is 0 Å². The summed E-state index contributed by atoms with van der Waals surface area (Å²) in [6.45, 7) is 4.04. The molecule has 0 saturated carbocycles. The van der Waals surface area contributed by atoms with Crippen LogP contribution >= 0.6 is 0 Å². The first-order chi connectivity index (χ1) is 10.1. The summed E-state index contributed by atoms with van der Waals surface area (Å²) in [6.07, 6.45) is 1.01. The van der Waals surface area contributed by atoms with Crippen molar-refractivity contribution in [3.8, 4) is 0 Å². The number of aryl methyl sites for hydroxylation is 1. The summed E-state index contributed by atoms with van der Waals surface area (Å²) >= 11 is 0. The highest BCUT2D eigenvalue weighted by Gasteiger charge is 1.98. The van der Waals surface area contributed by atoms with E-state index in [4.69, 9.17) is 0 Å². The molecule has 0 aliphatic carbocycles. The van der Waals surface area contributed by atoms with E-state index in [1.54, 1.807) is 12.1 Å². The zero-order chi connectivity index (χ0) is 15.2. The highest BCUT2D eigenvalue weighted by Crippen LogP contribution is 2.10. The maximum absolute atomic E-state index is 10.7. The van der Waals surface area contributed by atoms with Crippen LogP contribution in [0.2, 0.25) is 0 Å². The monoisotopic (exact) mass is 281 g/mol. The Balaban J connectivity index is 2.06. The first-order valence-corrected chi connectivity index (χ1v) is 6.81. The number of nitrogens with zero attached hydrogens (tertiary/aromatic N) is 1. The van der Waals surface area contributed by atoms with E-state index in [1.807, 2.05) is 19.1 Å². The van der Waals surface area contributed by atoms with Gasteiger partial charge in [0.1, 0.15) is 0 Å². The summed E-state index contributed by atoms with van der Waals surface area (Å²) in [5, 5.41) is 15.0. The van der Waals surface area contributed by atoms with Crippen LogP contribution in [0.15, 0.2) is 53.6 Å². The van der Waals surface area contributed by atoms with Gasteiger partial charge in [0.15, 0.2) is 0 Å². The Bertz CT molecular complexity index is 643. The summed E-state index contributed by atoms with van der Waals surface area (Å²) in [4.78, 5) is 10.7. The van der Waals surface area contributed by atoms with Crippen LogP contribution in [0.5, 0.6) is 0 Å². The average molecular weight is 281 g/mol. The highest BCUT2D eigenvalue weighted by molar-refractivity contribution is 5.99. The number of rotatable bonds is 5. The van der Waals surface area contributed by atoms with Crippen LogP contribution in [-0.2, 0) is 6.42 Å². The van der Waals surface area contributed by atoms with E-state index in [9.17, 15) is 9.90 Å². The van der Waals surface area contributed by atoms with Gasteiger partial charge in [-0.3, -0.25) is 5.43 Å². The average Bonchev–Trinajstić information content (AvgIpc) is 2.53. The van der Waals surface area contributed by atoms with Gasteiger partial charge in [0, 0.05) is 0 Å². The van der Waals surface area contributed by atoms with E-state index in [0.717, 1.165) is 23.4 Å². The lowest BCUT2D eigenvalue weighted by Crippen LogP contribution is -2.21. The molecule has 0 unspecified atom stereocenters. The van der Waals surface area contributed by atoms with Gasteiger partial charge in [0.25, 0.3) is 0 Å². The number of hydrogen-bond donors (Lipinski definition) is 1. The van der Waals surface area contributed by atoms with Crippen molar-refractivity contribution in [1.29, 1.82) is 0 Å². The SMILES string of the molecule is CCc1ccc(/C(C)=N\Nc2ccc(C(=O)[O-])cc2)cc1. The number of anilines is 1. The lowest BCUT2D eigenvalue weighted by molar-refractivity contribution is -0.255. The molecule has 21 heavy (non-hydrogen) atoms. The zero-order valence-corrected chi connectivity index (χ0v) is 12.1. The number of hydrazone groups is 1. The number of carboxylic acids is 1. The molecular formula is C17H17N2O2-. The molecule has 0 heterocycles. The predicted molar refractivity (Wildman–Crippen MR) is 82.4 cm³/mol. The molecule has 1 N–H and O–H groups in total. The number of carbonyl (C=O) groups excluding carboxylic acids is 1. The first kappa shape index (κ1) is 14.8. The number of aromatic carboxylic acids is 1. The molecule has 0 amide bonds. The van der Waals surface area contributed by atoms with Crippen molar-refractivity contribution in [2.75, 3.05) is 5.43 Å². The van der Waals surface area contributed by atoms with Crippen LogP contribution < -0.4 is 10.5 Å². The maximum Gasteiger partial charge on any atom is 0.0715 e. The van der Waals surface area contributed by atoms with E-state index in [1.165, 1.54) is 17.7 Å². The molecule has 0 fully saturated rings. The summed E-state index contributed by atoms with van der Waals surface area (Å²) in [5.41, 5.74) is 6.99. The molecule has 2 aromatic carbocycles. The smallest absolute Gasteiger partial charge is 0.0715 e. The number of nitrogens with one attached hydrogen (secondary N) is 1. The fraction of sp³-hybridized carbons (Fsp3) is 0.176. The quantitative estimate of drug-likeness (QED) is 0.676. The van der Waals surface area contributed by atoms with Crippen molar-refractivity contribution < 1.29 is 9.90 Å². The standard InChI is InChI=1S/C17H18N2O2/c1-3-13-4-6-14(7-5-13)12(2)18-19-16-10-8-15(9-11-16)17(20)21/h4-11,19H,3H2,1-2H3,(H,20,21)/p-1/b18-12-. The molecule has 2 rings (SSSR count). The van der Waals surface area contributed by atoms with Gasteiger partial charge in [-0.25, -0.2) is 0 Å². The van der Waals surface area contributed by atoms with Crippen molar-refractivity contribution in [3.63, 3.8) is 0 Å². The minimum atomic E-state index is -1.18. The Morgan fingerprint density at radius 2 is 1.62 bits per heavy atom. The van der Waals surface area contributed by atoms with Crippen molar-refractivity contribution in [1.82, 2.24) is 0 Å². The second-order valence-corrected chi connectivity index (χ2v) is 4.72. The van der Waals surface area contributed by atoms with Gasteiger partial charge in [-0.1, -0.05) is 43.3 Å². The van der Waals surface area contributed by atoms with Crippen molar-refractivity contribution in [2.45, 2.75) is 20.3 Å². The Kier molecular flexibility index (Phi) is 4.72. The number of carbonyl (C=O) groups is 1. The molecule has 0 aliphatic rings. The van der Waals surface area contributed by atoms with Crippen molar-refractivity contribution in [2.24, 2.45) is 5.10 Å². The molecule has 0 radical (unpaired) electrons. The minimum Gasteiger partial charge on any atom is -0.545 e. The fourth-order valence-electron chi connectivity index (χ4n) is 1.88. The molecule has 0 atom stereocenters. The molecule has 0 aromatic heterocycles. The third-order valence-electron chi connectivity index (χ3n) is 3.25. The molecule has 0 saturated heterocycles. The number of hydrogen-bond acceptors (Lipinski definition) is 4. The van der Waals surface area contributed by atoms with E-state index in [0.29, 0.717) is 0 Å². The molecular weight excluding hydrogens is 264 g/mol. The van der Waals surface area contributed by atoms with Gasteiger partial charge in [0.2, 0.25) is 0 Å². The van der Waals surface area contributed by atoms with E-state index >= 15 is 0 Å². The van der Waals surface area contributed by atoms with Gasteiger partial charge in [0.05, 0.1) is 17.4 Å². The molecule has 0 aliphatic heterocycles. The van der Waals surface area contributed by atoms with Crippen LogP contribution in [0.4, 0.5) is 5.69 Å². The number of carboxylic acid groups (broad SMARTS) is 1. The Morgan fingerprint density at radius 3 is 2.14 bits per heavy atom. The maximum atomic E-state index is 10.7. The lowest BCUT2D eigenvalue weighted by atomic mass is 10.1. The van der Waals surface area contributed by atoms with E-state index < -0.39 is 5.97 Å². The van der Waals surface area contributed by atoms with Crippen LogP contribution in [-0.4, -0.2) is 11.7 Å². The van der Waals surface area contributed by atoms with Crippen molar-refractivity contribution in [3.05, 3.63) is 65.2 Å². The lowest BCUT2D eigenvalue weighted by Gasteiger charge is -2.06. The van der Waals surface area contributed by atoms with Crippen LogP contribution in [0.1, 0.15) is 35.3 Å². The Labute approximate surface area is 124 Å². The summed E-state index contributed by atoms with van der Waals surface area (Å²) in [6, 6.07) is 14.5. The first-order valence-electron chi connectivity index (χ1n) is 6.81. The van der Waals surface area contributed by atoms with Crippen LogP contribution in [0, 0.1) is 0 Å². The Morgan fingerprint density at radius 1 is 1.05 bits per heavy atom. The normalized spacial score (nSPS) is 11.2. The largest absolute Gasteiger partial charge is 0.545 e. The third-order valence-corrected chi connectivity index (χ3v) is 3.25. The Hall–Kier alpha value is -2.62. The molecule has 108 valence electrons. The zero-order valence-electron chi connectivity index (χ0n) is 12.1. The fourth-order valence-corrected chi connectivity index (χ4v) is 1.88. The highest BCUT2D eigenvalue weighted by atomic mass is 16.4. The number of benzene rings is 2. The summed E-state index contributed by atoms with van der Waals surface area (Å²) in [7, 11) is 0. The van der Waals surface area contributed by atoms with Gasteiger partial charge in [-0.15, -0.1) is 0 Å². The van der Waals surface area contributed by atoms with Gasteiger partial charge < -0.3 is 9.90 Å². The second kappa shape index (κ2) is 6.70. The molecule has 4 heteroatoms. The van der Waals surface area contributed by atoms with Crippen LogP contribution in [0.25, 0.3) is 0 Å².